The summed E-state index contributed by atoms with van der Waals surface area (Å²) in [6.07, 6.45) is 1.41. The first-order valence-corrected chi connectivity index (χ1v) is 7.21. The van der Waals surface area contributed by atoms with E-state index in [1.54, 1.807) is 5.38 Å². The number of benzene rings is 1. The van der Waals surface area contributed by atoms with Gasteiger partial charge in [-0.25, -0.2) is 22.6 Å². The highest BCUT2D eigenvalue weighted by Gasteiger charge is 2.19. The van der Waals surface area contributed by atoms with Gasteiger partial charge in [-0.2, -0.15) is 0 Å². The zero-order valence-corrected chi connectivity index (χ0v) is 10.8. The number of halogens is 1. The van der Waals surface area contributed by atoms with Crippen LogP contribution in [0.4, 0.5) is 9.52 Å². The van der Waals surface area contributed by atoms with Crippen LogP contribution in [0.2, 0.25) is 0 Å². The fourth-order valence-electron chi connectivity index (χ4n) is 1.28. The lowest BCUT2D eigenvalue weighted by Gasteiger charge is -2.06. The largest absolute Gasteiger partial charge is 0.478 e. The number of aromatic nitrogens is 1. The average Bonchev–Trinajstić information content (AvgIpc) is 2.80. The van der Waals surface area contributed by atoms with Crippen molar-refractivity contribution in [1.82, 2.24) is 4.98 Å². The van der Waals surface area contributed by atoms with Crippen LogP contribution >= 0.6 is 11.3 Å². The Morgan fingerprint density at radius 1 is 1.42 bits per heavy atom. The van der Waals surface area contributed by atoms with Crippen molar-refractivity contribution in [2.24, 2.45) is 0 Å². The smallest absolute Gasteiger partial charge is 0.338 e. The summed E-state index contributed by atoms with van der Waals surface area (Å²) >= 11 is 1.07. The Morgan fingerprint density at radius 2 is 2.16 bits per heavy atom. The summed E-state index contributed by atoms with van der Waals surface area (Å²) in [7, 11) is -3.98. The van der Waals surface area contributed by atoms with E-state index in [1.807, 2.05) is 0 Å². The number of aromatic carboxylic acids is 1. The van der Waals surface area contributed by atoms with Crippen LogP contribution in [0.25, 0.3) is 0 Å². The average molecular weight is 302 g/mol. The summed E-state index contributed by atoms with van der Waals surface area (Å²) in [5, 5.41) is 10.4. The van der Waals surface area contributed by atoms with E-state index in [0.717, 1.165) is 23.5 Å². The van der Waals surface area contributed by atoms with Crippen LogP contribution in [0, 0.1) is 5.82 Å². The van der Waals surface area contributed by atoms with Crippen LogP contribution in [0.1, 0.15) is 10.4 Å². The standard InChI is InChI=1S/C10H7FN2O4S2/c11-8-5-6(1-2-7(8)9(14)15)19(16,17)13-10-12-3-4-18-10/h1-5H,(H,12,13)(H,14,15). The van der Waals surface area contributed by atoms with Crippen molar-refractivity contribution in [3.05, 3.63) is 41.2 Å². The van der Waals surface area contributed by atoms with Gasteiger partial charge in [0.05, 0.1) is 10.5 Å². The van der Waals surface area contributed by atoms with Crippen molar-refractivity contribution in [2.75, 3.05) is 4.72 Å². The van der Waals surface area contributed by atoms with Gasteiger partial charge in [0.1, 0.15) is 5.82 Å². The van der Waals surface area contributed by atoms with Gasteiger partial charge in [-0.05, 0) is 18.2 Å². The summed E-state index contributed by atoms with van der Waals surface area (Å²) in [5.74, 6) is -2.58. The summed E-state index contributed by atoms with van der Waals surface area (Å²) in [4.78, 5) is 14.0. The number of sulfonamides is 1. The molecule has 2 aromatic rings. The second-order valence-corrected chi connectivity index (χ2v) is 5.97. The molecule has 19 heavy (non-hydrogen) atoms. The molecule has 0 aliphatic rings. The molecule has 0 bridgehead atoms. The fraction of sp³-hybridized carbons (Fsp3) is 0. The molecule has 0 spiro atoms. The van der Waals surface area contributed by atoms with Gasteiger partial charge < -0.3 is 5.11 Å². The Hall–Kier alpha value is -2.00. The Bertz CT molecular complexity index is 713. The van der Waals surface area contributed by atoms with Crippen LogP contribution < -0.4 is 4.72 Å². The SMILES string of the molecule is O=C(O)c1ccc(S(=O)(=O)Nc2nccs2)cc1F. The molecule has 2 N–H and O–H groups in total. The van der Waals surface area contributed by atoms with Gasteiger partial charge >= 0.3 is 5.97 Å². The van der Waals surface area contributed by atoms with Crippen molar-refractivity contribution in [3.8, 4) is 0 Å². The molecule has 0 aliphatic heterocycles. The van der Waals surface area contributed by atoms with Gasteiger partial charge in [0.25, 0.3) is 10.0 Å². The van der Waals surface area contributed by atoms with E-state index in [9.17, 15) is 17.6 Å². The first kappa shape index (κ1) is 13.4. The van der Waals surface area contributed by atoms with Gasteiger partial charge in [-0.1, -0.05) is 0 Å². The van der Waals surface area contributed by atoms with Crippen LogP contribution in [-0.2, 0) is 10.0 Å². The molecule has 0 saturated carbocycles. The van der Waals surface area contributed by atoms with E-state index in [2.05, 4.69) is 9.71 Å². The van der Waals surface area contributed by atoms with Crippen LogP contribution in [-0.4, -0.2) is 24.5 Å². The lowest BCUT2D eigenvalue weighted by Crippen LogP contribution is -2.13. The molecule has 0 fully saturated rings. The van der Waals surface area contributed by atoms with E-state index in [1.165, 1.54) is 6.20 Å². The summed E-state index contributed by atoms with van der Waals surface area (Å²) < 4.78 is 39.3. The number of carboxylic acid groups (broad SMARTS) is 1. The minimum absolute atomic E-state index is 0.141. The van der Waals surface area contributed by atoms with E-state index in [0.29, 0.717) is 6.07 Å². The molecule has 6 nitrogen and oxygen atoms in total. The Morgan fingerprint density at radius 3 is 2.68 bits per heavy atom. The number of anilines is 1. The second kappa shape index (κ2) is 4.94. The van der Waals surface area contributed by atoms with Crippen molar-refractivity contribution in [2.45, 2.75) is 4.90 Å². The molecule has 9 heteroatoms. The maximum atomic E-state index is 13.4. The van der Waals surface area contributed by atoms with Gasteiger partial charge in [0, 0.05) is 11.6 Å². The number of hydrogen-bond acceptors (Lipinski definition) is 5. The number of nitrogens with zero attached hydrogens (tertiary/aromatic N) is 1. The first-order chi connectivity index (χ1) is 8.90. The molecule has 1 aromatic carbocycles. The Kier molecular flexibility index (Phi) is 3.49. The first-order valence-electron chi connectivity index (χ1n) is 4.85. The lowest BCUT2D eigenvalue weighted by molar-refractivity contribution is 0.0691. The highest BCUT2D eigenvalue weighted by atomic mass is 32.2. The van der Waals surface area contributed by atoms with Crippen molar-refractivity contribution in [1.29, 1.82) is 0 Å². The lowest BCUT2D eigenvalue weighted by atomic mass is 10.2. The van der Waals surface area contributed by atoms with E-state index >= 15 is 0 Å². The predicted molar refractivity (Wildman–Crippen MR) is 66.3 cm³/mol. The summed E-state index contributed by atoms with van der Waals surface area (Å²) in [6, 6.07) is 2.57. The number of carbonyl (C=O) groups is 1. The van der Waals surface area contributed by atoms with Gasteiger partial charge in [-0.3, -0.25) is 4.72 Å². The second-order valence-electron chi connectivity index (χ2n) is 3.39. The van der Waals surface area contributed by atoms with E-state index in [4.69, 9.17) is 5.11 Å². The highest BCUT2D eigenvalue weighted by Crippen LogP contribution is 2.20. The molecular formula is C10H7FN2O4S2. The van der Waals surface area contributed by atoms with Crippen molar-refractivity contribution in [3.63, 3.8) is 0 Å². The third kappa shape index (κ3) is 2.88. The Balaban J connectivity index is 2.36. The molecular weight excluding hydrogens is 295 g/mol. The summed E-state index contributed by atoms with van der Waals surface area (Å²) in [6.45, 7) is 0. The normalized spacial score (nSPS) is 11.2. The van der Waals surface area contributed by atoms with Crippen molar-refractivity contribution < 1.29 is 22.7 Å². The minimum Gasteiger partial charge on any atom is -0.478 e. The number of carboxylic acids is 1. The summed E-state index contributed by atoms with van der Waals surface area (Å²) in [5.41, 5.74) is -0.590. The number of nitrogens with one attached hydrogen (secondary N) is 1. The molecule has 1 heterocycles. The molecule has 0 amide bonds. The molecule has 0 saturated heterocycles. The van der Waals surface area contributed by atoms with Gasteiger partial charge in [-0.15, -0.1) is 11.3 Å². The van der Waals surface area contributed by atoms with Crippen LogP contribution in [0.15, 0.2) is 34.7 Å². The molecule has 0 radical (unpaired) electrons. The van der Waals surface area contributed by atoms with E-state index < -0.39 is 27.4 Å². The van der Waals surface area contributed by atoms with Crippen molar-refractivity contribution >= 4 is 32.5 Å². The zero-order chi connectivity index (χ0) is 14.0. The molecule has 2 rings (SSSR count). The van der Waals surface area contributed by atoms with Crippen LogP contribution in [0.3, 0.4) is 0 Å². The minimum atomic E-state index is -3.98. The molecule has 0 aliphatic carbocycles. The third-order valence-electron chi connectivity index (χ3n) is 2.14. The predicted octanol–water partition coefficient (Wildman–Crippen LogP) is 1.78. The van der Waals surface area contributed by atoms with E-state index in [-0.39, 0.29) is 10.0 Å². The highest BCUT2D eigenvalue weighted by molar-refractivity contribution is 7.93. The topological polar surface area (TPSA) is 96.4 Å². The monoisotopic (exact) mass is 302 g/mol. The van der Waals surface area contributed by atoms with Gasteiger partial charge in [0.15, 0.2) is 5.13 Å². The fourth-order valence-corrected chi connectivity index (χ4v) is 3.08. The third-order valence-corrected chi connectivity index (χ3v) is 4.29. The molecule has 100 valence electrons. The van der Waals surface area contributed by atoms with Gasteiger partial charge in [0.2, 0.25) is 0 Å². The van der Waals surface area contributed by atoms with Crippen LogP contribution in [0.5, 0.6) is 0 Å². The molecule has 1 aromatic heterocycles. The zero-order valence-electron chi connectivity index (χ0n) is 9.20. The quantitative estimate of drug-likeness (QED) is 0.897. The molecule has 0 atom stereocenters. The Labute approximate surface area is 111 Å². The number of thiazole rings is 1. The number of rotatable bonds is 4. The molecule has 0 unspecified atom stereocenters. The maximum Gasteiger partial charge on any atom is 0.338 e. The maximum absolute atomic E-state index is 13.4. The number of hydrogen-bond donors (Lipinski definition) is 2.